The quantitative estimate of drug-likeness (QED) is 0.349. The molecule has 1 aliphatic carbocycles. The van der Waals surface area contributed by atoms with Gasteiger partial charge in [-0.1, -0.05) is 37.8 Å². The predicted molar refractivity (Wildman–Crippen MR) is 183 cm³/mol. The number of carbonyl (C=O) groups is 2. The van der Waals surface area contributed by atoms with Gasteiger partial charge < -0.3 is 24.4 Å². The van der Waals surface area contributed by atoms with E-state index >= 15 is 0 Å². The van der Waals surface area contributed by atoms with Gasteiger partial charge in [0.15, 0.2) is 0 Å². The molecule has 0 saturated heterocycles. The molecule has 10 nitrogen and oxygen atoms in total. The number of amides is 2. The molecular weight excluding hydrogens is 642 g/mol. The van der Waals surface area contributed by atoms with Crippen molar-refractivity contribution in [3.8, 4) is 5.75 Å². The maximum atomic E-state index is 14.4. The number of nitrogens with zero attached hydrogens (tertiary/aromatic N) is 2. The van der Waals surface area contributed by atoms with Gasteiger partial charge in [-0.2, -0.15) is 0 Å². The lowest BCUT2D eigenvalue weighted by Gasteiger charge is -2.36. The van der Waals surface area contributed by atoms with Crippen LogP contribution in [0.25, 0.3) is 0 Å². The Kier molecular flexibility index (Phi) is 13.4. The minimum absolute atomic E-state index is 0.0283. The summed E-state index contributed by atoms with van der Waals surface area (Å²) in [6, 6.07) is 9.91. The molecule has 2 aromatic rings. The molecule has 2 N–H and O–H groups in total. The molecule has 0 aromatic heterocycles. The number of benzene rings is 2. The third kappa shape index (κ3) is 10.1. The van der Waals surface area contributed by atoms with Gasteiger partial charge >= 0.3 is 0 Å². The third-order valence-corrected chi connectivity index (χ3v) is 10.9. The van der Waals surface area contributed by atoms with Gasteiger partial charge in [0.2, 0.25) is 5.91 Å². The molecule has 4 atom stereocenters. The largest absolute Gasteiger partial charge is 0.490 e. The van der Waals surface area contributed by atoms with E-state index in [1.165, 1.54) is 36.8 Å². The average Bonchev–Trinajstić information content (AvgIpc) is 3.06. The normalized spacial score (nSPS) is 22.8. The lowest BCUT2D eigenvalue weighted by molar-refractivity contribution is -0.137. The molecule has 47 heavy (non-hydrogen) atoms. The van der Waals surface area contributed by atoms with Crippen molar-refractivity contribution in [3.63, 3.8) is 0 Å². The van der Waals surface area contributed by atoms with E-state index < -0.39 is 22.0 Å². The van der Waals surface area contributed by atoms with Crippen LogP contribution in [0.4, 0.5) is 5.69 Å². The molecule has 2 aliphatic rings. The van der Waals surface area contributed by atoms with E-state index in [1.54, 1.807) is 28.9 Å². The summed E-state index contributed by atoms with van der Waals surface area (Å²) in [5.41, 5.74) is 0.373. The molecule has 2 amide bonds. The fraction of sp³-hybridized carbons (Fsp3) is 0.600. The van der Waals surface area contributed by atoms with Gasteiger partial charge in [0.1, 0.15) is 5.75 Å². The summed E-state index contributed by atoms with van der Waals surface area (Å²) in [5.74, 6) is -0.0743. The molecule has 0 spiro atoms. The number of rotatable bonds is 8. The summed E-state index contributed by atoms with van der Waals surface area (Å²) >= 11 is 5.95. The molecule has 4 rings (SSSR count). The highest BCUT2D eigenvalue weighted by Crippen LogP contribution is 2.30. The van der Waals surface area contributed by atoms with E-state index in [-0.39, 0.29) is 59.2 Å². The summed E-state index contributed by atoms with van der Waals surface area (Å²) in [4.78, 5) is 31.1. The molecule has 12 heteroatoms. The molecule has 1 fully saturated rings. The van der Waals surface area contributed by atoms with Gasteiger partial charge in [0, 0.05) is 49.3 Å². The number of carbonyl (C=O) groups excluding carboxylic acids is 2. The van der Waals surface area contributed by atoms with Crippen LogP contribution in [-0.2, 0) is 19.6 Å². The van der Waals surface area contributed by atoms with Crippen LogP contribution in [0.2, 0.25) is 5.02 Å². The first-order chi connectivity index (χ1) is 22.4. The average molecular weight is 692 g/mol. The van der Waals surface area contributed by atoms with Gasteiger partial charge in [0.05, 0.1) is 35.3 Å². The van der Waals surface area contributed by atoms with Gasteiger partial charge in [-0.15, -0.1) is 0 Å². The van der Waals surface area contributed by atoms with Crippen LogP contribution >= 0.6 is 11.6 Å². The zero-order valence-electron chi connectivity index (χ0n) is 28.0. The fourth-order valence-electron chi connectivity index (χ4n) is 6.30. The molecule has 1 heterocycles. The van der Waals surface area contributed by atoms with Crippen LogP contribution < -0.4 is 9.46 Å². The molecule has 0 unspecified atom stereocenters. The van der Waals surface area contributed by atoms with Crippen LogP contribution in [0.15, 0.2) is 47.4 Å². The van der Waals surface area contributed by atoms with Crippen molar-refractivity contribution < 1.29 is 32.6 Å². The number of hydrogen-bond donors (Lipinski definition) is 2. The Balaban J connectivity index is 1.64. The number of sulfonamides is 1. The number of aliphatic hydroxyl groups is 1. The second-order valence-corrected chi connectivity index (χ2v) is 15.2. The highest BCUT2D eigenvalue weighted by Gasteiger charge is 2.32. The topological polar surface area (TPSA) is 125 Å². The summed E-state index contributed by atoms with van der Waals surface area (Å²) in [6.45, 7) is 6.58. The lowest BCUT2D eigenvalue weighted by Crippen LogP contribution is -2.48. The van der Waals surface area contributed by atoms with Crippen LogP contribution in [0, 0.1) is 11.8 Å². The number of hydrogen-bond acceptors (Lipinski definition) is 7. The minimum atomic E-state index is -3.97. The van der Waals surface area contributed by atoms with Crippen molar-refractivity contribution in [1.82, 2.24) is 9.80 Å². The summed E-state index contributed by atoms with van der Waals surface area (Å²) < 4.78 is 41.6. The fourth-order valence-corrected chi connectivity index (χ4v) is 7.47. The van der Waals surface area contributed by atoms with E-state index in [9.17, 15) is 23.1 Å². The van der Waals surface area contributed by atoms with Crippen molar-refractivity contribution >= 4 is 39.1 Å². The van der Waals surface area contributed by atoms with Crippen molar-refractivity contribution in [2.24, 2.45) is 11.8 Å². The van der Waals surface area contributed by atoms with Gasteiger partial charge in [-0.3, -0.25) is 14.3 Å². The first-order valence-electron chi connectivity index (χ1n) is 16.8. The van der Waals surface area contributed by atoms with E-state index in [1.807, 2.05) is 20.9 Å². The number of anilines is 1. The standard InChI is InChI=1S/C35H50ClN3O7S/c1-24-21-39(25(2)23-40)35(42)31-20-29(37-47(43,44)30-16-13-28(36)14-17-30)15-18-32(31)46-26(3)10-8-9-19-45-33(24)22-38(4)34(41)27-11-6-5-7-12-27/h13-18,20,24-27,33,37,40H,5-12,19,21-23H2,1-4H3/t24-,25-,26-,33+/m0/s1. The number of likely N-dealkylation sites (N-methyl/N-ethyl adjacent to an activating group) is 1. The highest BCUT2D eigenvalue weighted by molar-refractivity contribution is 7.92. The molecule has 0 radical (unpaired) electrons. The number of fused-ring (bicyclic) bond motifs is 1. The highest BCUT2D eigenvalue weighted by atomic mass is 35.5. The molecule has 1 aliphatic heterocycles. The van der Waals surface area contributed by atoms with Crippen LogP contribution in [0.1, 0.15) is 82.5 Å². The van der Waals surface area contributed by atoms with E-state index in [0.29, 0.717) is 23.9 Å². The molecule has 0 bridgehead atoms. The smallest absolute Gasteiger partial charge is 0.261 e. The molecule has 2 aromatic carbocycles. The van der Waals surface area contributed by atoms with Crippen molar-refractivity contribution in [3.05, 3.63) is 53.1 Å². The zero-order valence-corrected chi connectivity index (χ0v) is 29.6. The van der Waals surface area contributed by atoms with Crippen molar-refractivity contribution in [1.29, 1.82) is 0 Å². The first kappa shape index (κ1) is 37.0. The monoisotopic (exact) mass is 691 g/mol. The predicted octanol–water partition coefficient (Wildman–Crippen LogP) is 5.98. The third-order valence-electron chi connectivity index (χ3n) is 9.21. The maximum Gasteiger partial charge on any atom is 0.261 e. The Bertz CT molecular complexity index is 1450. The van der Waals surface area contributed by atoms with Crippen LogP contribution in [0.3, 0.4) is 0 Å². The Hall–Kier alpha value is -2.86. The number of ether oxygens (including phenoxy) is 2. The van der Waals surface area contributed by atoms with Crippen molar-refractivity contribution in [2.75, 3.05) is 38.1 Å². The Morgan fingerprint density at radius 3 is 2.43 bits per heavy atom. The van der Waals surface area contributed by atoms with Gasteiger partial charge in [-0.25, -0.2) is 8.42 Å². The van der Waals surface area contributed by atoms with Gasteiger partial charge in [-0.05, 0) is 88.4 Å². The van der Waals surface area contributed by atoms with E-state index in [0.717, 1.165) is 44.9 Å². The summed E-state index contributed by atoms with van der Waals surface area (Å²) in [7, 11) is -2.14. The summed E-state index contributed by atoms with van der Waals surface area (Å²) in [6.07, 6.45) is 6.97. The Morgan fingerprint density at radius 2 is 1.74 bits per heavy atom. The Labute approximate surface area is 284 Å². The van der Waals surface area contributed by atoms with Crippen LogP contribution in [-0.4, -0.2) is 86.7 Å². The number of nitrogens with one attached hydrogen (secondary N) is 1. The molecule has 1 saturated carbocycles. The Morgan fingerprint density at radius 1 is 1.06 bits per heavy atom. The molecular formula is C35H50ClN3O7S. The summed E-state index contributed by atoms with van der Waals surface area (Å²) in [5, 5.41) is 10.6. The van der Waals surface area contributed by atoms with Crippen molar-refractivity contribution in [2.45, 2.75) is 95.3 Å². The van der Waals surface area contributed by atoms with E-state index in [2.05, 4.69) is 4.72 Å². The number of aliphatic hydroxyl groups excluding tert-OH is 1. The van der Waals surface area contributed by atoms with E-state index in [4.69, 9.17) is 21.1 Å². The van der Waals surface area contributed by atoms with Crippen LogP contribution in [0.5, 0.6) is 5.75 Å². The molecule has 260 valence electrons. The number of halogens is 1. The second-order valence-electron chi connectivity index (χ2n) is 13.1. The van der Waals surface area contributed by atoms with Gasteiger partial charge in [0.25, 0.3) is 15.9 Å². The lowest BCUT2D eigenvalue weighted by atomic mass is 9.88. The SMILES string of the molecule is C[C@H]1CCCCO[C@H](CN(C)C(=O)C2CCCCC2)[C@@H](C)CN([C@@H](C)CO)C(=O)c2cc(NS(=O)(=O)c3ccc(Cl)cc3)ccc2O1. The minimum Gasteiger partial charge on any atom is -0.490 e. The second kappa shape index (κ2) is 17.0. The first-order valence-corrected chi connectivity index (χ1v) is 18.6. The maximum absolute atomic E-state index is 14.4. The zero-order chi connectivity index (χ0) is 34.1.